The van der Waals surface area contributed by atoms with Crippen molar-refractivity contribution in [3.8, 4) is 0 Å². The van der Waals surface area contributed by atoms with Gasteiger partial charge in [0.2, 0.25) is 0 Å². The molecule has 64 valence electrons. The zero-order chi connectivity index (χ0) is 8.70. The molecule has 1 fully saturated rings. The molecule has 0 radical (unpaired) electrons. The van der Waals surface area contributed by atoms with E-state index < -0.39 is 16.6 Å². The minimum Gasteiger partial charge on any atom is -0.466 e. The lowest BCUT2D eigenvalue weighted by atomic mass is 10.1. The maximum atomic E-state index is 11.0. The molecule has 4 heteroatoms. The Labute approximate surface area is 70.6 Å². The third kappa shape index (κ3) is 1.03. The Morgan fingerprint density at radius 2 is 2.27 bits per heavy atom. The number of ether oxygens (including phenoxy) is 2. The molecule has 1 aliphatic rings. The predicted octanol–water partition coefficient (Wildman–Crippen LogP) is 1.29. The number of halogens is 1. The van der Waals surface area contributed by atoms with Crippen LogP contribution in [0.15, 0.2) is 0 Å². The number of carbonyl (C=O) groups is 1. The Balaban J connectivity index is 2.69. The number of epoxide rings is 1. The van der Waals surface area contributed by atoms with Gasteiger partial charge in [-0.3, -0.25) is 0 Å². The molecule has 11 heavy (non-hydrogen) atoms. The maximum Gasteiger partial charge on any atom is 0.357 e. The van der Waals surface area contributed by atoms with Crippen molar-refractivity contribution in [2.45, 2.75) is 30.9 Å². The highest BCUT2D eigenvalue weighted by Gasteiger charge is 2.71. The van der Waals surface area contributed by atoms with E-state index >= 15 is 0 Å². The summed E-state index contributed by atoms with van der Waals surface area (Å²) in [6.45, 7) is 3.70. The number of esters is 1. The molecule has 1 saturated heterocycles. The Kier molecular flexibility index (Phi) is 1.89. The van der Waals surface area contributed by atoms with E-state index in [0.717, 1.165) is 0 Å². The average molecular weight is 179 g/mol. The molecule has 3 nitrogen and oxygen atoms in total. The predicted molar refractivity (Wildman–Crippen MR) is 40.4 cm³/mol. The Morgan fingerprint density at radius 3 is 2.55 bits per heavy atom. The quantitative estimate of drug-likeness (QED) is 0.364. The van der Waals surface area contributed by atoms with Crippen LogP contribution in [0.4, 0.5) is 0 Å². The highest BCUT2D eigenvalue weighted by atomic mass is 35.5. The van der Waals surface area contributed by atoms with Crippen LogP contribution in [0, 0.1) is 0 Å². The molecule has 0 aromatic heterocycles. The van der Waals surface area contributed by atoms with E-state index in [-0.39, 0.29) is 0 Å². The first-order valence-corrected chi connectivity index (χ1v) is 3.85. The number of hydrogen-bond donors (Lipinski definition) is 0. The molecule has 2 unspecified atom stereocenters. The summed E-state index contributed by atoms with van der Waals surface area (Å²) in [6, 6.07) is 0. The SMILES string of the molecule is CCC1(C)OC1(Cl)C(=O)OC. The third-order valence-electron chi connectivity index (χ3n) is 2.13. The molecule has 0 aromatic carbocycles. The first kappa shape index (κ1) is 8.81. The topological polar surface area (TPSA) is 38.8 Å². The van der Waals surface area contributed by atoms with Crippen molar-refractivity contribution < 1.29 is 14.3 Å². The summed E-state index contributed by atoms with van der Waals surface area (Å²) in [4.78, 5) is 11.0. The summed E-state index contributed by atoms with van der Waals surface area (Å²) in [5.41, 5.74) is -0.540. The summed E-state index contributed by atoms with van der Waals surface area (Å²) in [7, 11) is 1.30. The van der Waals surface area contributed by atoms with Crippen LogP contribution in [0.25, 0.3) is 0 Å². The van der Waals surface area contributed by atoms with Crippen LogP contribution in [0.5, 0.6) is 0 Å². The van der Waals surface area contributed by atoms with Crippen molar-refractivity contribution in [2.75, 3.05) is 7.11 Å². The molecule has 1 rings (SSSR count). The van der Waals surface area contributed by atoms with Crippen LogP contribution < -0.4 is 0 Å². The molecule has 0 saturated carbocycles. The monoisotopic (exact) mass is 178 g/mol. The summed E-state index contributed by atoms with van der Waals surface area (Å²) >= 11 is 5.81. The molecule has 0 aliphatic carbocycles. The largest absolute Gasteiger partial charge is 0.466 e. The minimum absolute atomic E-state index is 0.511. The van der Waals surface area contributed by atoms with Crippen molar-refractivity contribution in [1.29, 1.82) is 0 Å². The second kappa shape index (κ2) is 2.35. The van der Waals surface area contributed by atoms with E-state index in [1.165, 1.54) is 7.11 Å². The van der Waals surface area contributed by atoms with Crippen molar-refractivity contribution in [1.82, 2.24) is 0 Å². The Hall–Kier alpha value is -0.280. The minimum atomic E-state index is -1.23. The van der Waals surface area contributed by atoms with Gasteiger partial charge in [0.15, 0.2) is 0 Å². The number of hydrogen-bond acceptors (Lipinski definition) is 3. The van der Waals surface area contributed by atoms with E-state index in [0.29, 0.717) is 6.42 Å². The van der Waals surface area contributed by atoms with E-state index in [4.69, 9.17) is 16.3 Å². The van der Waals surface area contributed by atoms with Gasteiger partial charge in [-0.2, -0.15) is 0 Å². The summed E-state index contributed by atoms with van der Waals surface area (Å²) in [6.07, 6.45) is 0.700. The fourth-order valence-electron chi connectivity index (χ4n) is 0.973. The highest BCUT2D eigenvalue weighted by molar-refractivity contribution is 6.35. The molecular formula is C7H11ClO3. The van der Waals surface area contributed by atoms with Crippen molar-refractivity contribution >= 4 is 17.6 Å². The van der Waals surface area contributed by atoms with Crippen LogP contribution in [0.3, 0.4) is 0 Å². The van der Waals surface area contributed by atoms with E-state index in [9.17, 15) is 4.79 Å². The third-order valence-corrected chi connectivity index (χ3v) is 2.76. The fraction of sp³-hybridized carbons (Fsp3) is 0.857. The number of methoxy groups -OCH3 is 1. The van der Waals surface area contributed by atoms with Crippen molar-refractivity contribution in [2.24, 2.45) is 0 Å². The lowest BCUT2D eigenvalue weighted by Crippen LogP contribution is -2.27. The van der Waals surface area contributed by atoms with Gasteiger partial charge < -0.3 is 9.47 Å². The number of alkyl halides is 1. The van der Waals surface area contributed by atoms with Gasteiger partial charge >= 0.3 is 5.97 Å². The van der Waals surface area contributed by atoms with E-state index in [1.54, 1.807) is 6.92 Å². The number of rotatable bonds is 2. The second-order valence-electron chi connectivity index (χ2n) is 2.77. The van der Waals surface area contributed by atoms with Gasteiger partial charge in [-0.15, -0.1) is 0 Å². The first-order chi connectivity index (χ1) is 5.00. The van der Waals surface area contributed by atoms with Gasteiger partial charge in [-0.05, 0) is 13.3 Å². The molecule has 1 aliphatic heterocycles. The molecule has 2 atom stereocenters. The van der Waals surface area contributed by atoms with Crippen LogP contribution in [0.1, 0.15) is 20.3 Å². The lowest BCUT2D eigenvalue weighted by Gasteiger charge is -2.04. The normalized spacial score (nSPS) is 41.8. The van der Waals surface area contributed by atoms with Gasteiger partial charge in [0.05, 0.1) is 7.11 Å². The molecule has 0 amide bonds. The van der Waals surface area contributed by atoms with Crippen LogP contribution in [-0.2, 0) is 14.3 Å². The molecule has 0 aromatic rings. The number of carbonyl (C=O) groups excluding carboxylic acids is 1. The van der Waals surface area contributed by atoms with Gasteiger partial charge in [-0.1, -0.05) is 18.5 Å². The van der Waals surface area contributed by atoms with Crippen LogP contribution in [-0.4, -0.2) is 23.7 Å². The highest BCUT2D eigenvalue weighted by Crippen LogP contribution is 2.53. The molecule has 0 N–H and O–H groups in total. The molecule has 0 spiro atoms. The molecular weight excluding hydrogens is 168 g/mol. The van der Waals surface area contributed by atoms with Crippen molar-refractivity contribution in [3.05, 3.63) is 0 Å². The zero-order valence-electron chi connectivity index (χ0n) is 6.81. The van der Waals surface area contributed by atoms with Crippen LogP contribution in [0.2, 0.25) is 0 Å². The van der Waals surface area contributed by atoms with Gasteiger partial charge in [0, 0.05) is 0 Å². The fourth-order valence-corrected chi connectivity index (χ4v) is 1.35. The molecule has 1 heterocycles. The summed E-state index contributed by atoms with van der Waals surface area (Å²) < 4.78 is 9.56. The summed E-state index contributed by atoms with van der Waals surface area (Å²) in [5, 5.41) is -1.23. The van der Waals surface area contributed by atoms with Gasteiger partial charge in [0.1, 0.15) is 5.60 Å². The Morgan fingerprint density at radius 1 is 1.73 bits per heavy atom. The smallest absolute Gasteiger partial charge is 0.357 e. The maximum absolute atomic E-state index is 11.0. The van der Waals surface area contributed by atoms with Gasteiger partial charge in [-0.25, -0.2) is 4.79 Å². The summed E-state index contributed by atoms with van der Waals surface area (Å²) in [5.74, 6) is -0.511. The average Bonchev–Trinajstić information content (AvgIpc) is 2.56. The second-order valence-corrected chi connectivity index (χ2v) is 3.31. The standard InChI is InChI=1S/C7H11ClO3/c1-4-6(2)7(8,11-6)5(9)10-3/h4H2,1-3H3. The molecule has 0 bridgehead atoms. The van der Waals surface area contributed by atoms with E-state index in [2.05, 4.69) is 4.74 Å². The lowest BCUT2D eigenvalue weighted by molar-refractivity contribution is -0.143. The first-order valence-electron chi connectivity index (χ1n) is 3.47. The van der Waals surface area contributed by atoms with Crippen molar-refractivity contribution in [3.63, 3.8) is 0 Å². The Bertz CT molecular complexity index is 194. The zero-order valence-corrected chi connectivity index (χ0v) is 7.57. The van der Waals surface area contributed by atoms with Crippen LogP contribution >= 0.6 is 11.6 Å². The van der Waals surface area contributed by atoms with Gasteiger partial charge in [0.25, 0.3) is 5.06 Å². The van der Waals surface area contributed by atoms with E-state index in [1.807, 2.05) is 6.92 Å².